The number of para-hydroxylation sites is 3. The predicted octanol–water partition coefficient (Wildman–Crippen LogP) is 3.49. The zero-order valence-electron chi connectivity index (χ0n) is 15.2. The Labute approximate surface area is 160 Å². The van der Waals surface area contributed by atoms with Crippen LogP contribution in [0.3, 0.4) is 0 Å². The minimum atomic E-state index is -0.890. The third kappa shape index (κ3) is 3.38. The second-order valence-corrected chi connectivity index (χ2v) is 6.10. The molecule has 1 atom stereocenters. The zero-order chi connectivity index (χ0) is 19.5. The average Bonchev–Trinajstić information content (AvgIpc) is 3.10. The summed E-state index contributed by atoms with van der Waals surface area (Å²) in [6, 6.07) is 14.2. The van der Waals surface area contributed by atoms with Crippen LogP contribution < -0.4 is 9.47 Å². The van der Waals surface area contributed by atoms with E-state index in [1.807, 2.05) is 12.1 Å². The van der Waals surface area contributed by atoms with Gasteiger partial charge < -0.3 is 23.4 Å². The van der Waals surface area contributed by atoms with Gasteiger partial charge in [0, 0.05) is 5.39 Å². The van der Waals surface area contributed by atoms with Crippen LogP contribution in [0.5, 0.6) is 11.5 Å². The van der Waals surface area contributed by atoms with E-state index in [4.69, 9.17) is 23.4 Å². The van der Waals surface area contributed by atoms with Crippen LogP contribution in [-0.2, 0) is 20.9 Å². The van der Waals surface area contributed by atoms with Gasteiger partial charge >= 0.3 is 11.9 Å². The maximum atomic E-state index is 12.5. The molecule has 3 aromatic rings. The fourth-order valence-corrected chi connectivity index (χ4v) is 2.98. The molecule has 0 amide bonds. The molecule has 7 nitrogen and oxygen atoms in total. The molecular formula is C21H18O7. The number of hydrogen-bond donors (Lipinski definition) is 0. The first-order valence-corrected chi connectivity index (χ1v) is 8.90. The van der Waals surface area contributed by atoms with E-state index in [-0.39, 0.29) is 25.6 Å². The van der Waals surface area contributed by atoms with Crippen molar-refractivity contribution >= 4 is 22.9 Å². The Bertz CT molecular complexity index is 1020. The molecule has 0 saturated heterocycles. The second-order valence-electron chi connectivity index (χ2n) is 6.10. The second kappa shape index (κ2) is 7.64. The summed E-state index contributed by atoms with van der Waals surface area (Å²) in [5.41, 5.74) is 0.974. The van der Waals surface area contributed by atoms with Gasteiger partial charge in [0.1, 0.15) is 18.8 Å². The Kier molecular flexibility index (Phi) is 4.89. The summed E-state index contributed by atoms with van der Waals surface area (Å²) in [5.74, 6) is -0.0961. The summed E-state index contributed by atoms with van der Waals surface area (Å²) < 4.78 is 27.3. The SMILES string of the molecule is CCOC(=O)c1oc2ccccc2c1COC(=O)[C@H]1COc2ccccc2O1. The van der Waals surface area contributed by atoms with Crippen LogP contribution in [0.25, 0.3) is 11.0 Å². The van der Waals surface area contributed by atoms with E-state index in [9.17, 15) is 9.59 Å². The lowest BCUT2D eigenvalue weighted by atomic mass is 10.1. The Morgan fingerprint density at radius 2 is 1.79 bits per heavy atom. The molecule has 28 heavy (non-hydrogen) atoms. The number of carbonyl (C=O) groups excluding carboxylic acids is 2. The van der Waals surface area contributed by atoms with Gasteiger partial charge in [-0.15, -0.1) is 0 Å². The lowest BCUT2D eigenvalue weighted by Crippen LogP contribution is -2.37. The van der Waals surface area contributed by atoms with Crippen molar-refractivity contribution in [2.75, 3.05) is 13.2 Å². The Balaban J connectivity index is 1.52. The first kappa shape index (κ1) is 17.9. The Hall–Kier alpha value is -3.48. The molecule has 2 heterocycles. The van der Waals surface area contributed by atoms with Crippen LogP contribution in [0, 0.1) is 0 Å². The van der Waals surface area contributed by atoms with E-state index in [0.29, 0.717) is 28.0 Å². The number of carbonyl (C=O) groups is 2. The molecule has 4 rings (SSSR count). The van der Waals surface area contributed by atoms with Crippen LogP contribution in [-0.4, -0.2) is 31.3 Å². The van der Waals surface area contributed by atoms with Crippen LogP contribution >= 0.6 is 0 Å². The molecule has 0 bridgehead atoms. The van der Waals surface area contributed by atoms with Gasteiger partial charge in [-0.25, -0.2) is 9.59 Å². The number of hydrogen-bond acceptors (Lipinski definition) is 7. The number of rotatable bonds is 5. The molecule has 0 saturated carbocycles. The topological polar surface area (TPSA) is 84.2 Å². The first-order valence-electron chi connectivity index (χ1n) is 8.90. The average molecular weight is 382 g/mol. The van der Waals surface area contributed by atoms with Gasteiger partial charge in [-0.1, -0.05) is 30.3 Å². The lowest BCUT2D eigenvalue weighted by Gasteiger charge is -2.24. The fraction of sp³-hybridized carbons (Fsp3) is 0.238. The summed E-state index contributed by atoms with van der Waals surface area (Å²) in [4.78, 5) is 24.7. The van der Waals surface area contributed by atoms with Crippen molar-refractivity contribution in [2.45, 2.75) is 19.6 Å². The molecule has 1 aromatic heterocycles. The molecule has 1 aliphatic heterocycles. The Morgan fingerprint density at radius 3 is 2.61 bits per heavy atom. The van der Waals surface area contributed by atoms with Gasteiger partial charge in [0.15, 0.2) is 11.5 Å². The minimum absolute atomic E-state index is 0.0296. The highest BCUT2D eigenvalue weighted by molar-refractivity contribution is 5.96. The third-order valence-electron chi connectivity index (χ3n) is 4.29. The molecule has 1 aliphatic rings. The molecule has 0 spiro atoms. The van der Waals surface area contributed by atoms with Crippen LogP contribution in [0.2, 0.25) is 0 Å². The van der Waals surface area contributed by atoms with E-state index >= 15 is 0 Å². The van der Waals surface area contributed by atoms with E-state index in [2.05, 4.69) is 0 Å². The third-order valence-corrected chi connectivity index (χ3v) is 4.29. The van der Waals surface area contributed by atoms with Crippen molar-refractivity contribution in [3.05, 3.63) is 59.9 Å². The molecule has 0 radical (unpaired) electrons. The molecule has 0 N–H and O–H groups in total. The largest absolute Gasteiger partial charge is 0.485 e. The van der Waals surface area contributed by atoms with Gasteiger partial charge in [-0.2, -0.15) is 0 Å². The van der Waals surface area contributed by atoms with Crippen molar-refractivity contribution in [2.24, 2.45) is 0 Å². The van der Waals surface area contributed by atoms with Gasteiger partial charge in [-0.3, -0.25) is 0 Å². The zero-order valence-corrected chi connectivity index (χ0v) is 15.2. The summed E-state index contributed by atoms with van der Waals surface area (Å²) in [6.45, 7) is 1.82. The summed E-state index contributed by atoms with van der Waals surface area (Å²) in [5, 5.41) is 0.685. The smallest absolute Gasteiger partial charge is 0.374 e. The summed E-state index contributed by atoms with van der Waals surface area (Å²) in [6.07, 6.45) is -0.890. The van der Waals surface area contributed by atoms with Crippen molar-refractivity contribution < 1.29 is 33.0 Å². The van der Waals surface area contributed by atoms with Gasteiger partial charge in [0.2, 0.25) is 11.9 Å². The number of benzene rings is 2. The highest BCUT2D eigenvalue weighted by Gasteiger charge is 2.30. The van der Waals surface area contributed by atoms with Crippen molar-refractivity contribution in [3.8, 4) is 11.5 Å². The van der Waals surface area contributed by atoms with Gasteiger partial charge in [0.25, 0.3) is 0 Å². The van der Waals surface area contributed by atoms with E-state index in [1.54, 1.807) is 43.3 Å². The molecule has 0 aliphatic carbocycles. The number of fused-ring (bicyclic) bond motifs is 2. The Morgan fingerprint density at radius 1 is 1.04 bits per heavy atom. The molecule has 0 fully saturated rings. The highest BCUT2D eigenvalue weighted by Crippen LogP contribution is 2.32. The standard InChI is InChI=1S/C21H18O7/c1-2-24-21(23)19-14(13-7-3-4-8-15(13)28-19)11-26-20(22)18-12-25-16-9-5-6-10-17(16)27-18/h3-10,18H,2,11-12H2,1H3/t18-/m1/s1. The molecule has 144 valence electrons. The number of esters is 2. The van der Waals surface area contributed by atoms with E-state index in [1.165, 1.54) is 0 Å². The molecule has 2 aromatic carbocycles. The van der Waals surface area contributed by atoms with E-state index in [0.717, 1.165) is 0 Å². The first-order chi connectivity index (χ1) is 13.7. The minimum Gasteiger partial charge on any atom is -0.485 e. The fourth-order valence-electron chi connectivity index (χ4n) is 2.98. The number of furan rings is 1. The number of ether oxygens (including phenoxy) is 4. The highest BCUT2D eigenvalue weighted by atomic mass is 16.6. The van der Waals surface area contributed by atoms with Crippen molar-refractivity contribution in [3.63, 3.8) is 0 Å². The maximum Gasteiger partial charge on any atom is 0.374 e. The van der Waals surface area contributed by atoms with Crippen molar-refractivity contribution in [1.29, 1.82) is 0 Å². The van der Waals surface area contributed by atoms with Crippen LogP contribution in [0.4, 0.5) is 0 Å². The van der Waals surface area contributed by atoms with Crippen LogP contribution in [0.15, 0.2) is 52.9 Å². The van der Waals surface area contributed by atoms with Crippen LogP contribution in [0.1, 0.15) is 23.0 Å². The van der Waals surface area contributed by atoms with Gasteiger partial charge in [0.05, 0.1) is 12.2 Å². The lowest BCUT2D eigenvalue weighted by molar-refractivity contribution is -0.155. The van der Waals surface area contributed by atoms with Gasteiger partial charge in [-0.05, 0) is 25.1 Å². The summed E-state index contributed by atoms with van der Waals surface area (Å²) in [7, 11) is 0. The molecule has 0 unspecified atom stereocenters. The summed E-state index contributed by atoms with van der Waals surface area (Å²) >= 11 is 0. The van der Waals surface area contributed by atoms with E-state index < -0.39 is 18.0 Å². The normalized spacial score (nSPS) is 15.2. The molecule has 7 heteroatoms. The quantitative estimate of drug-likeness (QED) is 0.625. The van der Waals surface area contributed by atoms with Crippen molar-refractivity contribution in [1.82, 2.24) is 0 Å². The maximum absolute atomic E-state index is 12.5. The predicted molar refractivity (Wildman–Crippen MR) is 98.3 cm³/mol. The monoisotopic (exact) mass is 382 g/mol. The molecular weight excluding hydrogens is 364 g/mol.